The third kappa shape index (κ3) is 25.6. The van der Waals surface area contributed by atoms with E-state index in [4.69, 9.17) is 154 Å². The highest BCUT2D eigenvalue weighted by Crippen LogP contribution is 2.51. The Hall–Kier alpha value is -9.30. The van der Waals surface area contributed by atoms with Gasteiger partial charge < -0.3 is 56.8 Å². The number of hydrogen-bond acceptors (Lipinski definition) is 24. The van der Waals surface area contributed by atoms with Gasteiger partial charge in [-0.25, -0.2) is 0 Å². The molecule has 18 rings (SSSR count). The third-order valence-corrected chi connectivity index (χ3v) is 24.8. The van der Waals surface area contributed by atoms with Gasteiger partial charge >= 0.3 is 0 Å². The second kappa shape index (κ2) is 50.0. The predicted molar refractivity (Wildman–Crippen MR) is 555 cm³/mol. The number of carbonyl (C=O) groups excluding carboxylic acids is 6. The van der Waals surface area contributed by atoms with Gasteiger partial charge in [0, 0.05) is 258 Å². The van der Waals surface area contributed by atoms with Crippen molar-refractivity contribution < 1.29 is 184 Å². The summed E-state index contributed by atoms with van der Waals surface area (Å²) in [6, 6.07) is 2.97. The molecule has 0 N–H and O–H groups in total. The van der Waals surface area contributed by atoms with E-state index in [0.717, 1.165) is 56.4 Å². The molecule has 12 aliphatic rings. The van der Waals surface area contributed by atoms with E-state index in [1.165, 1.54) is 74.6 Å². The normalized spacial score (nSPS) is 41.7. The minimum atomic E-state index is -4.13. The minimum Gasteiger partial charge on any atom is -0.493 e. The van der Waals surface area contributed by atoms with Crippen molar-refractivity contribution >= 4 is 34.7 Å². The topological polar surface area (TPSA) is 233 Å². The number of ketones is 6. The van der Waals surface area contributed by atoms with Crippen LogP contribution in [-0.2, 0) is 67.1 Å². The summed E-state index contributed by atoms with van der Waals surface area (Å²) in [5.74, 6) is -33.4. The van der Waals surface area contributed by atoms with Crippen LogP contribution in [0.1, 0.15) is 380 Å². The number of methoxy groups -OCH3 is 12. The zero-order valence-electron chi connectivity index (χ0n) is 153. The molecular formula is C117H168N6O18. The molecule has 774 valence electrons. The molecule has 24 nitrogen and oxygen atoms in total. The Labute approximate surface area is 943 Å². The number of aryl methyl sites for hydroxylation is 3. The van der Waals surface area contributed by atoms with Gasteiger partial charge in [-0.15, -0.1) is 0 Å². The van der Waals surface area contributed by atoms with Crippen molar-refractivity contribution in [3.05, 3.63) is 140 Å². The van der Waals surface area contributed by atoms with Crippen LogP contribution < -0.4 is 56.8 Å². The fraction of sp³-hybridized carbons (Fsp3) is 0.641. The number of piperidine rings is 6. The number of fused-ring (bicyclic) bond motifs is 18. The Bertz CT molecular complexity index is 8710. The van der Waals surface area contributed by atoms with Crippen LogP contribution in [0.15, 0.2) is 72.8 Å². The number of rotatable bonds is 27. The van der Waals surface area contributed by atoms with Gasteiger partial charge in [0.1, 0.15) is 34.7 Å². The number of Topliss-reactive ketones (excluding diaryl/α,β-unsaturated/α-hetero) is 6. The van der Waals surface area contributed by atoms with Gasteiger partial charge in [0.2, 0.25) is 0 Å². The third-order valence-electron chi connectivity index (χ3n) is 24.8. The highest BCUT2D eigenvalue weighted by molar-refractivity contribution is 5.86. The van der Waals surface area contributed by atoms with Crippen LogP contribution in [0.5, 0.6) is 69.0 Å². The summed E-state index contributed by atoms with van der Waals surface area (Å²) in [4.78, 5) is 85.5. The van der Waals surface area contributed by atoms with E-state index in [0.29, 0.717) is 63.6 Å². The van der Waals surface area contributed by atoms with Crippen molar-refractivity contribution in [3.63, 3.8) is 0 Å². The van der Waals surface area contributed by atoms with Gasteiger partial charge in [0.05, 0.1) is 114 Å². The molecule has 15 atom stereocenters. The van der Waals surface area contributed by atoms with Crippen molar-refractivity contribution in [1.29, 1.82) is 0 Å². The summed E-state index contributed by atoms with van der Waals surface area (Å²) in [6.07, 6.45) is -38.8. The van der Waals surface area contributed by atoms with Crippen LogP contribution in [0.4, 0.5) is 0 Å². The number of hydrogen-bond donors (Lipinski definition) is 0. The molecule has 6 saturated heterocycles. The number of ether oxygens (including phenoxy) is 12. The van der Waals surface area contributed by atoms with E-state index >= 15 is 0 Å². The monoisotopic (exact) mass is 2020 g/mol. The lowest BCUT2D eigenvalue weighted by atomic mass is 9.79. The SMILES string of the molecule is [2H]C([2H])([2H])Oc1cc2c(cc1OC)C([2H])([2H])C([2H])([2H])N1CC(C([2H])([2H])C([2H])(C([2H])([2H])[2H])C([2H])([2H])C)C(=O)CC21[2H].[2H]C([2H])([2H])Oc1cc2c(cc1OC)C([2H])([2H])C([2H])([2H])N1CC(CC(C)C)C(=O)CC21[2H].[2H]C([2H])([2H])Oc1cc2c(cc1OC)C([2H])([2H])C([2H])([2H])N1CC([2H])(CC(C)C)C(=O)C([2H])([2H])C21[2H].[2H]C([2H])([2H])Oc1cc2c(cc1OC)CCN1C2C([2H])([2H])C(=O)C([2H])(C([2H])([2H])C([2H])(C([2H])([2H])[2H])C([2H])([2H])C)C1([2H])[2H].[2H]C([2H])([2H])Oc1cc2c(cc1OC)CCN1C2C([2H])([2H])C(=O)C([2H])(CC(C)C)C1([2H])[2H].[2H]C([2H])([2H])Oc1cc2c(cc1OC)CCN1C2CC(=O)C(C([2H])([2H])C([2H])(C([2H])([2H])[2H])C([2H])([2H])C)C1([2H])[2H]. The van der Waals surface area contributed by atoms with Gasteiger partial charge in [-0.3, -0.25) is 58.2 Å². The minimum absolute atomic E-state index is 0.00372. The van der Waals surface area contributed by atoms with Gasteiger partial charge in [-0.1, -0.05) is 102 Å². The molecule has 15 unspecified atom stereocenters. The number of nitrogens with zero attached hydrogens (tertiary/aromatic N) is 6. The van der Waals surface area contributed by atoms with E-state index in [9.17, 15) is 30.1 Å². The first-order valence-electron chi connectivity index (χ1n) is 81.3. The summed E-state index contributed by atoms with van der Waals surface area (Å²) in [5.41, 5.74) is 0.205. The smallest absolute Gasteiger partial charge is 0.161 e. The molecule has 6 aromatic carbocycles. The lowest BCUT2D eigenvalue weighted by Gasteiger charge is -2.43. The van der Waals surface area contributed by atoms with Crippen molar-refractivity contribution in [2.45, 2.75) is 253 Å². The number of carbonyl (C=O) groups is 6. The molecule has 12 aliphatic heterocycles. The molecular weight excluding hydrogens is 1780 g/mol. The van der Waals surface area contributed by atoms with Crippen molar-refractivity contribution in [3.8, 4) is 69.0 Å². The second-order valence-corrected chi connectivity index (χ2v) is 35.2. The maximum atomic E-state index is 13.8. The Morgan fingerprint density at radius 1 is 0.326 bits per heavy atom. The van der Waals surface area contributed by atoms with Crippen molar-refractivity contribution in [2.75, 3.05) is 163 Å². The number of benzene rings is 6. The van der Waals surface area contributed by atoms with Crippen LogP contribution in [0.3, 0.4) is 0 Å². The largest absolute Gasteiger partial charge is 0.493 e. The Balaban J connectivity index is 0.000000204. The second-order valence-electron chi connectivity index (χ2n) is 35.2. The molecule has 0 bridgehead atoms. The molecule has 0 amide bonds. The van der Waals surface area contributed by atoms with Gasteiger partial charge in [0.25, 0.3) is 0 Å². The summed E-state index contributed by atoms with van der Waals surface area (Å²) >= 11 is 0. The Morgan fingerprint density at radius 2 is 0.638 bits per heavy atom. The first-order valence-corrected chi connectivity index (χ1v) is 45.3. The van der Waals surface area contributed by atoms with E-state index in [1.54, 1.807) is 33.8 Å². The zero-order valence-corrected chi connectivity index (χ0v) is 80.8. The first-order chi connectivity index (χ1) is 95.0. The standard InChI is InChI=1S/3C20H29NO3.3C19H27NO3/c3*1-5-13(2)8-15-12-21-7-6-14-9-19(23-3)20(24-4)10-16(14)17(21)11-18(15)22;3*1-12(2)7-14-11-20-6-5-13-8-18(22-3)19(23-4)9-15(13)16(20)10-17(14)21/h3*9-10,13,15,17H,5-8,11-12H2,1-4H3;3*8-9,12,14,16H,5-7,10-11H2,1-4H3/i2D3,4D3,5D2,8D2,11D2,12D2,13D,15D;2D3,4D3,5D2,6D2,7D2,8D2,13D,17D;2D3,4D3,5D2,8D2,12D2,13D;4D3,5D2,6D2,10D2,14D,16D;4D3,10D2,11D2,14D;4D3,5D2,6D2,16D. The molecule has 12 heterocycles. The summed E-state index contributed by atoms with van der Waals surface area (Å²) in [5, 5.41) is 0. The first kappa shape index (κ1) is 48.4. The van der Waals surface area contributed by atoms with Crippen LogP contribution >= 0.6 is 0 Å². The van der Waals surface area contributed by atoms with Gasteiger partial charge in [0.15, 0.2) is 69.0 Å². The Morgan fingerprint density at radius 3 is 1.03 bits per heavy atom. The molecule has 0 saturated carbocycles. The fourth-order valence-electron chi connectivity index (χ4n) is 17.9. The summed E-state index contributed by atoms with van der Waals surface area (Å²) in [7, 11) is -9.90. The molecule has 24 heteroatoms. The van der Waals surface area contributed by atoms with Crippen LogP contribution in [0.2, 0.25) is 0 Å². The molecule has 0 aliphatic carbocycles. The van der Waals surface area contributed by atoms with E-state index in [2.05, 4.69) is 0 Å². The maximum Gasteiger partial charge on any atom is 0.161 e. The summed E-state index contributed by atoms with van der Waals surface area (Å²) in [6.45, 7) is -17.9. The summed E-state index contributed by atoms with van der Waals surface area (Å²) < 4.78 is 651. The quantitative estimate of drug-likeness (QED) is 0.0466. The molecule has 6 fully saturated rings. The lowest BCUT2D eigenvalue weighted by molar-refractivity contribution is -0.130. The van der Waals surface area contributed by atoms with Gasteiger partial charge in [-0.05, 0) is 252 Å². The van der Waals surface area contributed by atoms with Gasteiger partial charge in [-0.2, -0.15) is 0 Å². The van der Waals surface area contributed by atoms with E-state index in [1.807, 2.05) is 13.8 Å². The molecule has 141 heavy (non-hydrogen) atoms. The van der Waals surface area contributed by atoms with Crippen LogP contribution in [0, 0.1) is 70.9 Å². The Kier molecular flexibility index (Phi) is 17.1. The molecule has 0 radical (unpaired) electrons. The fourth-order valence-corrected chi connectivity index (χ4v) is 17.9. The molecule has 6 aromatic rings. The van der Waals surface area contributed by atoms with Crippen molar-refractivity contribution in [2.24, 2.45) is 70.9 Å². The van der Waals surface area contributed by atoms with Crippen molar-refractivity contribution in [1.82, 2.24) is 29.4 Å². The predicted octanol–water partition coefficient (Wildman–Crippen LogP) is 20.6. The zero-order chi connectivity index (χ0) is 165. The van der Waals surface area contributed by atoms with Crippen LogP contribution in [-0.4, -0.2) is 227 Å². The van der Waals surface area contributed by atoms with E-state index < -0.39 is 357 Å². The highest BCUT2D eigenvalue weighted by atomic mass is 16.5. The molecule has 0 aromatic heterocycles. The van der Waals surface area contributed by atoms with E-state index in [-0.39, 0.29) is 161 Å². The maximum absolute atomic E-state index is 13.8. The average molecular weight is 2020 g/mol. The lowest BCUT2D eigenvalue weighted by Crippen LogP contribution is -2.46. The molecule has 0 spiro atoms. The average Bonchev–Trinajstić information content (AvgIpc) is 0.712. The van der Waals surface area contributed by atoms with Crippen LogP contribution in [0.25, 0.3) is 0 Å². The highest BCUT2D eigenvalue weighted by Gasteiger charge is 2.47.